The highest BCUT2D eigenvalue weighted by Crippen LogP contribution is 2.20. The monoisotopic (exact) mass is 223 g/mol. The maximum Gasteiger partial charge on any atom is 0.170 e. The summed E-state index contributed by atoms with van der Waals surface area (Å²) in [4.78, 5) is 15.0. The average molecular weight is 223 g/mol. The smallest absolute Gasteiger partial charge is 0.170 e. The van der Waals surface area contributed by atoms with Gasteiger partial charge in [-0.3, -0.25) is 9.78 Å². The van der Waals surface area contributed by atoms with Crippen LogP contribution in [0.5, 0.6) is 0 Å². The lowest BCUT2D eigenvalue weighted by atomic mass is 10.2. The Labute approximate surface area is 97.5 Å². The van der Waals surface area contributed by atoms with Gasteiger partial charge in [-0.1, -0.05) is 18.2 Å². The Bertz CT molecular complexity index is 673. The van der Waals surface area contributed by atoms with Gasteiger partial charge in [0.2, 0.25) is 0 Å². The van der Waals surface area contributed by atoms with Crippen molar-refractivity contribution in [3.05, 3.63) is 54.5 Å². The van der Waals surface area contributed by atoms with Gasteiger partial charge in [-0.05, 0) is 18.2 Å². The number of carbonyl (C=O) groups excluding carboxylic acids is 1. The minimum absolute atomic E-state index is 0.449. The van der Waals surface area contributed by atoms with Crippen LogP contribution in [-0.4, -0.2) is 21.1 Å². The number of carbonyl (C=O) groups is 1. The third kappa shape index (κ3) is 1.50. The number of rotatable bonds is 2. The molecule has 0 saturated heterocycles. The fourth-order valence-electron chi connectivity index (χ4n) is 1.85. The number of nitrogens with zero attached hydrogens (tertiary/aromatic N) is 3. The molecule has 2 heterocycles. The Morgan fingerprint density at radius 1 is 1.12 bits per heavy atom. The summed E-state index contributed by atoms with van der Waals surface area (Å²) in [6.45, 7) is 0. The van der Waals surface area contributed by atoms with E-state index in [0.29, 0.717) is 5.69 Å². The lowest BCUT2D eigenvalue weighted by molar-refractivity contribution is 0.112. The second-order valence-electron chi connectivity index (χ2n) is 3.64. The van der Waals surface area contributed by atoms with Crippen LogP contribution in [0.1, 0.15) is 10.5 Å². The molecule has 0 amide bonds. The van der Waals surface area contributed by atoms with Crippen LogP contribution in [0.2, 0.25) is 0 Å². The first-order chi connectivity index (χ1) is 8.40. The van der Waals surface area contributed by atoms with Crippen LogP contribution in [0.3, 0.4) is 0 Å². The first-order valence-corrected chi connectivity index (χ1v) is 5.23. The van der Waals surface area contributed by atoms with E-state index in [1.165, 1.54) is 0 Å². The Kier molecular flexibility index (Phi) is 2.19. The van der Waals surface area contributed by atoms with Crippen LogP contribution in [0, 0.1) is 0 Å². The number of aromatic nitrogens is 3. The van der Waals surface area contributed by atoms with Gasteiger partial charge in [0.15, 0.2) is 6.29 Å². The van der Waals surface area contributed by atoms with Crippen molar-refractivity contribution in [3.8, 4) is 5.69 Å². The van der Waals surface area contributed by atoms with Gasteiger partial charge in [-0.15, -0.1) is 0 Å². The van der Waals surface area contributed by atoms with Crippen LogP contribution < -0.4 is 0 Å². The van der Waals surface area contributed by atoms with Crippen molar-refractivity contribution in [1.82, 2.24) is 14.8 Å². The standard InChI is InChI=1S/C13H9N3O/c17-9-12-11-5-1-2-6-13(11)16(15-12)10-4-3-7-14-8-10/h1-9H. The van der Waals surface area contributed by atoms with E-state index >= 15 is 0 Å². The first-order valence-electron chi connectivity index (χ1n) is 5.23. The summed E-state index contributed by atoms with van der Waals surface area (Å²) in [5, 5.41) is 5.14. The SMILES string of the molecule is O=Cc1nn(-c2cccnc2)c2ccccc12. The maximum absolute atomic E-state index is 11.0. The minimum Gasteiger partial charge on any atom is -0.296 e. The van der Waals surface area contributed by atoms with Gasteiger partial charge >= 0.3 is 0 Å². The molecule has 0 N–H and O–H groups in total. The van der Waals surface area contributed by atoms with Crippen LogP contribution >= 0.6 is 0 Å². The topological polar surface area (TPSA) is 47.8 Å². The summed E-state index contributed by atoms with van der Waals surface area (Å²) in [6.07, 6.45) is 4.19. The highest BCUT2D eigenvalue weighted by molar-refractivity contribution is 5.95. The molecule has 0 fully saturated rings. The van der Waals surface area contributed by atoms with Crippen molar-refractivity contribution >= 4 is 17.2 Å². The molecule has 82 valence electrons. The van der Waals surface area contributed by atoms with Gasteiger partial charge in [0.1, 0.15) is 5.69 Å². The van der Waals surface area contributed by atoms with Crippen molar-refractivity contribution < 1.29 is 4.79 Å². The number of aldehydes is 1. The van der Waals surface area contributed by atoms with Gasteiger partial charge in [0, 0.05) is 11.6 Å². The average Bonchev–Trinajstić information content (AvgIpc) is 2.78. The van der Waals surface area contributed by atoms with Gasteiger partial charge < -0.3 is 0 Å². The van der Waals surface area contributed by atoms with Crippen LogP contribution in [0.4, 0.5) is 0 Å². The summed E-state index contributed by atoms with van der Waals surface area (Å²) in [7, 11) is 0. The predicted octanol–water partition coefficient (Wildman–Crippen LogP) is 2.23. The number of fused-ring (bicyclic) bond motifs is 1. The zero-order valence-electron chi connectivity index (χ0n) is 8.95. The molecule has 0 aliphatic carbocycles. The number of hydrogen-bond donors (Lipinski definition) is 0. The number of para-hydroxylation sites is 1. The van der Waals surface area contributed by atoms with Gasteiger partial charge in [-0.25, -0.2) is 4.68 Å². The third-order valence-electron chi connectivity index (χ3n) is 2.62. The fraction of sp³-hybridized carbons (Fsp3) is 0. The zero-order valence-corrected chi connectivity index (χ0v) is 8.95. The van der Waals surface area contributed by atoms with Crippen molar-refractivity contribution in [1.29, 1.82) is 0 Å². The molecule has 1 aromatic carbocycles. The molecule has 4 nitrogen and oxygen atoms in total. The van der Waals surface area contributed by atoms with E-state index < -0.39 is 0 Å². The Balaban J connectivity index is 2.34. The van der Waals surface area contributed by atoms with E-state index in [1.807, 2.05) is 36.4 Å². The molecular formula is C13H9N3O. The molecule has 0 atom stereocenters. The van der Waals surface area contributed by atoms with Crippen molar-refractivity contribution in [2.24, 2.45) is 0 Å². The van der Waals surface area contributed by atoms with E-state index in [1.54, 1.807) is 17.1 Å². The second-order valence-corrected chi connectivity index (χ2v) is 3.64. The lowest BCUT2D eigenvalue weighted by Gasteiger charge is -2.01. The highest BCUT2D eigenvalue weighted by Gasteiger charge is 2.09. The Hall–Kier alpha value is -2.49. The van der Waals surface area contributed by atoms with Gasteiger partial charge in [-0.2, -0.15) is 5.10 Å². The summed E-state index contributed by atoms with van der Waals surface area (Å²) < 4.78 is 1.73. The first kappa shape index (κ1) is 9.72. The van der Waals surface area contributed by atoms with Crippen LogP contribution in [-0.2, 0) is 0 Å². The van der Waals surface area contributed by atoms with Gasteiger partial charge in [0.05, 0.1) is 17.4 Å². The number of hydrogen-bond acceptors (Lipinski definition) is 3. The molecule has 0 bridgehead atoms. The van der Waals surface area contributed by atoms with E-state index in [-0.39, 0.29) is 0 Å². The van der Waals surface area contributed by atoms with Gasteiger partial charge in [0.25, 0.3) is 0 Å². The number of pyridine rings is 1. The summed E-state index contributed by atoms with van der Waals surface area (Å²) >= 11 is 0. The molecule has 0 saturated carbocycles. The molecular weight excluding hydrogens is 214 g/mol. The minimum atomic E-state index is 0.449. The Morgan fingerprint density at radius 3 is 2.76 bits per heavy atom. The molecule has 2 aromatic heterocycles. The van der Waals surface area contributed by atoms with Crippen molar-refractivity contribution in [2.75, 3.05) is 0 Å². The molecule has 0 aliphatic rings. The third-order valence-corrected chi connectivity index (χ3v) is 2.62. The second kappa shape index (κ2) is 3.83. The van der Waals surface area contributed by atoms with E-state index in [2.05, 4.69) is 10.1 Å². The van der Waals surface area contributed by atoms with Crippen molar-refractivity contribution in [3.63, 3.8) is 0 Å². The summed E-state index contributed by atoms with van der Waals surface area (Å²) in [5.74, 6) is 0. The molecule has 17 heavy (non-hydrogen) atoms. The van der Waals surface area contributed by atoms with E-state index in [0.717, 1.165) is 22.9 Å². The molecule has 0 spiro atoms. The van der Waals surface area contributed by atoms with Crippen LogP contribution in [0.15, 0.2) is 48.8 Å². The zero-order chi connectivity index (χ0) is 11.7. The molecule has 3 rings (SSSR count). The lowest BCUT2D eigenvalue weighted by Crippen LogP contribution is -1.97. The Morgan fingerprint density at radius 2 is 2.00 bits per heavy atom. The predicted molar refractivity (Wildman–Crippen MR) is 64.3 cm³/mol. The number of benzene rings is 1. The summed E-state index contributed by atoms with van der Waals surface area (Å²) in [6, 6.07) is 11.4. The van der Waals surface area contributed by atoms with E-state index in [4.69, 9.17) is 0 Å². The molecule has 0 radical (unpaired) electrons. The van der Waals surface area contributed by atoms with Crippen LogP contribution in [0.25, 0.3) is 16.6 Å². The quantitative estimate of drug-likeness (QED) is 0.626. The molecule has 0 unspecified atom stereocenters. The molecule has 3 aromatic rings. The largest absolute Gasteiger partial charge is 0.296 e. The van der Waals surface area contributed by atoms with Crippen molar-refractivity contribution in [2.45, 2.75) is 0 Å². The maximum atomic E-state index is 11.0. The normalized spacial score (nSPS) is 10.6. The molecule has 4 heteroatoms. The van der Waals surface area contributed by atoms with E-state index in [9.17, 15) is 4.79 Å². The fourth-order valence-corrected chi connectivity index (χ4v) is 1.85. The summed E-state index contributed by atoms with van der Waals surface area (Å²) in [5.41, 5.74) is 2.20. The highest BCUT2D eigenvalue weighted by atomic mass is 16.1. The molecule has 0 aliphatic heterocycles.